The summed E-state index contributed by atoms with van der Waals surface area (Å²) in [6.07, 6.45) is 0.935. The van der Waals surface area contributed by atoms with Crippen molar-refractivity contribution in [3.8, 4) is 0 Å². The highest BCUT2D eigenvalue weighted by molar-refractivity contribution is 5.16. The lowest BCUT2D eigenvalue weighted by molar-refractivity contribution is 0.105. The number of aliphatic hydroxyl groups is 1. The third-order valence-corrected chi connectivity index (χ3v) is 2.96. The summed E-state index contributed by atoms with van der Waals surface area (Å²) in [5.41, 5.74) is -0.259. The topological polar surface area (TPSA) is 32.3 Å². The standard InChI is InChI=1S/C7H13NO/c1-2-7(9)5-3-8-4-6(5)7/h5-6,8-9H,2-4H2,1H3/t5-,6+,7?. The Bertz CT molecular complexity index is 125. The van der Waals surface area contributed by atoms with Gasteiger partial charge in [0.25, 0.3) is 0 Å². The van der Waals surface area contributed by atoms with Gasteiger partial charge in [0.1, 0.15) is 0 Å². The Labute approximate surface area is 55.3 Å². The number of nitrogens with one attached hydrogen (secondary N) is 1. The number of hydrogen-bond donors (Lipinski definition) is 2. The van der Waals surface area contributed by atoms with E-state index >= 15 is 0 Å². The van der Waals surface area contributed by atoms with E-state index in [9.17, 15) is 5.11 Å². The van der Waals surface area contributed by atoms with Gasteiger partial charge < -0.3 is 10.4 Å². The van der Waals surface area contributed by atoms with Gasteiger partial charge in [0.15, 0.2) is 0 Å². The molecule has 0 aromatic heterocycles. The molecule has 2 aliphatic rings. The zero-order valence-electron chi connectivity index (χ0n) is 5.72. The van der Waals surface area contributed by atoms with Crippen LogP contribution in [0.15, 0.2) is 0 Å². The van der Waals surface area contributed by atoms with Crippen LogP contribution in [0.3, 0.4) is 0 Å². The smallest absolute Gasteiger partial charge is 0.0733 e. The van der Waals surface area contributed by atoms with Crippen molar-refractivity contribution in [2.45, 2.75) is 18.9 Å². The van der Waals surface area contributed by atoms with E-state index in [0.29, 0.717) is 11.8 Å². The van der Waals surface area contributed by atoms with Crippen molar-refractivity contribution >= 4 is 0 Å². The molecule has 1 unspecified atom stereocenters. The van der Waals surface area contributed by atoms with Gasteiger partial charge in [0.05, 0.1) is 5.60 Å². The normalized spacial score (nSPS) is 55.3. The molecule has 1 saturated heterocycles. The minimum Gasteiger partial charge on any atom is -0.389 e. The van der Waals surface area contributed by atoms with E-state index in [0.717, 1.165) is 19.5 Å². The highest BCUT2D eigenvalue weighted by Gasteiger charge is 2.64. The van der Waals surface area contributed by atoms with Crippen LogP contribution < -0.4 is 5.32 Å². The third kappa shape index (κ3) is 0.528. The summed E-state index contributed by atoms with van der Waals surface area (Å²) < 4.78 is 0. The molecule has 1 aliphatic carbocycles. The predicted octanol–water partition coefficient (Wildman–Crippen LogP) is -0.0233. The highest BCUT2D eigenvalue weighted by atomic mass is 16.3. The Balaban J connectivity index is 2.07. The molecule has 0 aromatic carbocycles. The van der Waals surface area contributed by atoms with E-state index in [4.69, 9.17) is 0 Å². The van der Waals surface area contributed by atoms with Gasteiger partial charge in [-0.25, -0.2) is 0 Å². The van der Waals surface area contributed by atoms with Crippen LogP contribution in [0.4, 0.5) is 0 Å². The first kappa shape index (κ1) is 5.69. The number of piperidine rings is 1. The van der Waals surface area contributed by atoms with Crippen molar-refractivity contribution in [3.05, 3.63) is 0 Å². The summed E-state index contributed by atoms with van der Waals surface area (Å²) in [5.74, 6) is 1.17. The van der Waals surface area contributed by atoms with Crippen LogP contribution in [-0.4, -0.2) is 23.8 Å². The van der Waals surface area contributed by atoms with Crippen LogP contribution in [0.5, 0.6) is 0 Å². The van der Waals surface area contributed by atoms with Gasteiger partial charge in [-0.2, -0.15) is 0 Å². The minimum absolute atomic E-state index is 0.259. The van der Waals surface area contributed by atoms with Gasteiger partial charge in [-0.3, -0.25) is 0 Å². The molecule has 52 valence electrons. The molecule has 0 spiro atoms. The van der Waals surface area contributed by atoms with E-state index in [1.807, 2.05) is 0 Å². The van der Waals surface area contributed by atoms with Gasteiger partial charge in [0.2, 0.25) is 0 Å². The van der Waals surface area contributed by atoms with E-state index in [1.54, 1.807) is 0 Å². The number of rotatable bonds is 1. The maximum Gasteiger partial charge on any atom is 0.0733 e. The number of hydrogen-bond acceptors (Lipinski definition) is 2. The first-order chi connectivity index (χ1) is 4.29. The van der Waals surface area contributed by atoms with Crippen molar-refractivity contribution in [3.63, 3.8) is 0 Å². The van der Waals surface area contributed by atoms with Gasteiger partial charge >= 0.3 is 0 Å². The average Bonchev–Trinajstić information content (AvgIpc) is 2.39. The molecular weight excluding hydrogens is 114 g/mol. The van der Waals surface area contributed by atoms with Crippen LogP contribution in [0, 0.1) is 11.8 Å². The van der Waals surface area contributed by atoms with Gasteiger partial charge in [0, 0.05) is 24.9 Å². The van der Waals surface area contributed by atoms with E-state index in [1.165, 1.54) is 0 Å². The molecule has 3 atom stereocenters. The lowest BCUT2D eigenvalue weighted by atomic mass is 10.1. The predicted molar refractivity (Wildman–Crippen MR) is 35.1 cm³/mol. The fourth-order valence-electron chi connectivity index (χ4n) is 2.14. The molecule has 0 bridgehead atoms. The first-order valence-corrected chi connectivity index (χ1v) is 3.72. The summed E-state index contributed by atoms with van der Waals surface area (Å²) >= 11 is 0. The second-order valence-corrected chi connectivity index (χ2v) is 3.22. The van der Waals surface area contributed by atoms with Crippen molar-refractivity contribution in [1.29, 1.82) is 0 Å². The second-order valence-electron chi connectivity index (χ2n) is 3.22. The van der Waals surface area contributed by atoms with Crippen LogP contribution in [-0.2, 0) is 0 Å². The summed E-state index contributed by atoms with van der Waals surface area (Å²) in [6, 6.07) is 0. The Morgan fingerprint density at radius 2 is 2.11 bits per heavy atom. The van der Waals surface area contributed by atoms with Crippen LogP contribution >= 0.6 is 0 Å². The fourth-order valence-corrected chi connectivity index (χ4v) is 2.14. The van der Waals surface area contributed by atoms with Crippen molar-refractivity contribution in [1.82, 2.24) is 5.32 Å². The molecule has 0 aromatic rings. The molecule has 0 radical (unpaired) electrons. The highest BCUT2D eigenvalue weighted by Crippen LogP contribution is 2.54. The quantitative estimate of drug-likeness (QED) is 0.518. The molecule has 1 heterocycles. The Morgan fingerprint density at radius 3 is 2.44 bits per heavy atom. The Kier molecular flexibility index (Phi) is 0.945. The number of fused-ring (bicyclic) bond motifs is 1. The molecule has 2 N–H and O–H groups in total. The molecule has 2 nitrogen and oxygen atoms in total. The lowest BCUT2D eigenvalue weighted by Gasteiger charge is -2.10. The van der Waals surface area contributed by atoms with Crippen molar-refractivity contribution < 1.29 is 5.11 Å². The van der Waals surface area contributed by atoms with Crippen molar-refractivity contribution in [2.24, 2.45) is 11.8 Å². The fraction of sp³-hybridized carbons (Fsp3) is 1.00. The molecule has 2 fully saturated rings. The molecule has 1 aliphatic heterocycles. The third-order valence-electron chi connectivity index (χ3n) is 2.96. The summed E-state index contributed by atoms with van der Waals surface area (Å²) in [5, 5.41) is 12.9. The summed E-state index contributed by atoms with van der Waals surface area (Å²) in [6.45, 7) is 4.14. The largest absolute Gasteiger partial charge is 0.389 e. The zero-order chi connectivity index (χ0) is 6.48. The SMILES string of the molecule is CCC1(O)[C@@H]2CNC[C@@H]21. The molecular formula is C7H13NO. The maximum atomic E-state index is 9.68. The van der Waals surface area contributed by atoms with E-state index in [-0.39, 0.29) is 5.60 Å². The van der Waals surface area contributed by atoms with Crippen LogP contribution in [0.25, 0.3) is 0 Å². The monoisotopic (exact) mass is 127 g/mol. The van der Waals surface area contributed by atoms with Crippen LogP contribution in [0.1, 0.15) is 13.3 Å². The summed E-state index contributed by atoms with van der Waals surface area (Å²) in [4.78, 5) is 0. The zero-order valence-corrected chi connectivity index (χ0v) is 5.72. The molecule has 9 heavy (non-hydrogen) atoms. The van der Waals surface area contributed by atoms with Gasteiger partial charge in [-0.1, -0.05) is 6.92 Å². The maximum absolute atomic E-state index is 9.68. The average molecular weight is 127 g/mol. The molecule has 2 rings (SSSR count). The molecule has 2 heteroatoms. The lowest BCUT2D eigenvalue weighted by Crippen LogP contribution is -2.25. The first-order valence-electron chi connectivity index (χ1n) is 3.72. The summed E-state index contributed by atoms with van der Waals surface area (Å²) in [7, 11) is 0. The van der Waals surface area contributed by atoms with Gasteiger partial charge in [-0.05, 0) is 6.42 Å². The van der Waals surface area contributed by atoms with Crippen molar-refractivity contribution in [2.75, 3.05) is 13.1 Å². The Morgan fingerprint density at radius 1 is 1.56 bits per heavy atom. The van der Waals surface area contributed by atoms with Crippen LogP contribution in [0.2, 0.25) is 0 Å². The molecule has 1 saturated carbocycles. The minimum atomic E-state index is -0.259. The molecule has 0 amide bonds. The van der Waals surface area contributed by atoms with E-state index in [2.05, 4.69) is 12.2 Å². The second kappa shape index (κ2) is 1.50. The Hall–Kier alpha value is -0.0800. The van der Waals surface area contributed by atoms with E-state index < -0.39 is 0 Å². The van der Waals surface area contributed by atoms with Gasteiger partial charge in [-0.15, -0.1) is 0 Å².